The molecule has 3 saturated heterocycles. The van der Waals surface area contributed by atoms with Gasteiger partial charge in [-0.05, 0) is 56.1 Å². The number of amides is 1. The van der Waals surface area contributed by atoms with E-state index < -0.39 is 11.9 Å². The Bertz CT molecular complexity index is 937. The number of aromatic nitrogens is 1. The van der Waals surface area contributed by atoms with E-state index in [2.05, 4.69) is 32.0 Å². The highest BCUT2D eigenvalue weighted by atomic mass is 19.4. The zero-order chi connectivity index (χ0) is 24.1. The zero-order valence-electron chi connectivity index (χ0n) is 19.6. The molecule has 0 aromatic carbocycles. The van der Waals surface area contributed by atoms with Gasteiger partial charge in [0.25, 0.3) is 0 Å². The van der Waals surface area contributed by atoms with E-state index >= 15 is 0 Å². The molecule has 4 aliphatic rings. The van der Waals surface area contributed by atoms with Crippen molar-refractivity contribution in [2.75, 3.05) is 39.8 Å². The van der Waals surface area contributed by atoms with E-state index in [4.69, 9.17) is 4.74 Å². The number of rotatable bonds is 5. The van der Waals surface area contributed by atoms with Gasteiger partial charge in [-0.2, -0.15) is 13.2 Å². The average molecular weight is 480 g/mol. The summed E-state index contributed by atoms with van der Waals surface area (Å²) < 4.78 is 44.7. The number of fused-ring (bicyclic) bond motifs is 1. The molecular weight excluding hydrogens is 447 g/mol. The highest BCUT2D eigenvalue weighted by Crippen LogP contribution is 2.53. The van der Waals surface area contributed by atoms with Crippen LogP contribution in [-0.4, -0.2) is 90.7 Å². The first-order chi connectivity index (χ1) is 16.2. The van der Waals surface area contributed by atoms with E-state index in [-0.39, 0.29) is 30.2 Å². The Hall–Kier alpha value is -2.04. The number of morpholine rings is 1. The Labute approximate surface area is 197 Å². The lowest BCUT2D eigenvalue weighted by Gasteiger charge is -2.62. The summed E-state index contributed by atoms with van der Waals surface area (Å²) in [6, 6.07) is 3.25. The number of likely N-dealkylation sites (tertiary alicyclic amines) is 2. The lowest BCUT2D eigenvalue weighted by Crippen LogP contribution is -2.69. The average Bonchev–Trinajstić information content (AvgIpc) is 2.74. The molecule has 7 nitrogen and oxygen atoms in total. The molecule has 1 aliphatic carbocycles. The maximum atomic E-state index is 13.0. The molecule has 1 aromatic heterocycles. The second kappa shape index (κ2) is 8.87. The standard InChI is InChI=1S/C24H32F3N5O2/c1-15(31-6-5-20-19(11-31)30-21(33)12-34-20)32-13-23(14-32)8-16(9-23)7-18-4-3-17(10-29-18)22(28-2)24(25,26)27/h3-4,10,15-16,19-20H,5-9,11-14H2,1-2H3,(H,30,33)/t15?,19-,20+/m1/s1. The van der Waals surface area contributed by atoms with Crippen LogP contribution in [0.4, 0.5) is 13.2 Å². The lowest BCUT2D eigenvalue weighted by molar-refractivity contribution is -0.156. The summed E-state index contributed by atoms with van der Waals surface area (Å²) in [7, 11) is 1.15. The number of alkyl halides is 3. The SMILES string of the molecule is CN=C(c1ccc(CC2CC3(C2)CN(C(C)N2CC[C@@H]4OCC(=O)N[C@@H]4C2)C3)nc1)C(F)(F)F. The van der Waals surface area contributed by atoms with Gasteiger partial charge in [0.15, 0.2) is 0 Å². The number of carbonyl (C=O) groups is 1. The maximum absolute atomic E-state index is 13.0. The normalized spacial score (nSPS) is 29.2. The number of hydrogen-bond donors (Lipinski definition) is 1. The predicted molar refractivity (Wildman–Crippen MR) is 121 cm³/mol. The molecule has 0 bridgehead atoms. The van der Waals surface area contributed by atoms with Crippen LogP contribution in [0.25, 0.3) is 0 Å². The topological polar surface area (TPSA) is 70.1 Å². The van der Waals surface area contributed by atoms with Crippen molar-refractivity contribution >= 4 is 11.6 Å². The van der Waals surface area contributed by atoms with Gasteiger partial charge in [-0.15, -0.1) is 0 Å². The minimum Gasteiger partial charge on any atom is -0.366 e. The maximum Gasteiger partial charge on any atom is 0.433 e. The number of halogens is 3. The summed E-state index contributed by atoms with van der Waals surface area (Å²) >= 11 is 0. The smallest absolute Gasteiger partial charge is 0.366 e. The predicted octanol–water partition coefficient (Wildman–Crippen LogP) is 2.25. The molecule has 5 rings (SSSR count). The van der Waals surface area contributed by atoms with Crippen LogP contribution in [0, 0.1) is 11.3 Å². The molecule has 34 heavy (non-hydrogen) atoms. The minimum absolute atomic E-state index is 0.0100. The molecule has 3 atom stereocenters. The summed E-state index contributed by atoms with van der Waals surface area (Å²) in [6.45, 7) is 6.37. The van der Waals surface area contributed by atoms with Gasteiger partial charge in [0.2, 0.25) is 5.91 Å². The van der Waals surface area contributed by atoms with E-state index in [0.717, 1.165) is 64.6 Å². The molecule has 1 N–H and O–H groups in total. The fourth-order valence-corrected chi connectivity index (χ4v) is 6.34. The third-order valence-corrected chi connectivity index (χ3v) is 8.02. The molecule has 1 unspecified atom stereocenters. The van der Waals surface area contributed by atoms with Crippen LogP contribution in [0.15, 0.2) is 23.3 Å². The molecule has 4 heterocycles. The zero-order valence-corrected chi connectivity index (χ0v) is 19.6. The van der Waals surface area contributed by atoms with Crippen LogP contribution < -0.4 is 5.32 Å². The summed E-state index contributed by atoms with van der Waals surface area (Å²) in [5.74, 6) is 0.505. The molecule has 1 amide bonds. The molecule has 3 aliphatic heterocycles. The molecule has 1 aromatic rings. The Kier molecular flexibility index (Phi) is 6.18. The van der Waals surface area contributed by atoms with Crippen LogP contribution in [-0.2, 0) is 16.0 Å². The van der Waals surface area contributed by atoms with Crippen molar-refractivity contribution in [1.29, 1.82) is 0 Å². The Morgan fingerprint density at radius 2 is 2.09 bits per heavy atom. The van der Waals surface area contributed by atoms with Crippen LogP contribution in [0.2, 0.25) is 0 Å². The first-order valence-electron chi connectivity index (χ1n) is 12.0. The lowest BCUT2D eigenvalue weighted by atomic mass is 9.56. The molecular formula is C24H32F3N5O2. The van der Waals surface area contributed by atoms with Crippen molar-refractivity contribution < 1.29 is 22.7 Å². The Morgan fingerprint density at radius 3 is 2.74 bits per heavy atom. The van der Waals surface area contributed by atoms with Crippen molar-refractivity contribution in [2.45, 2.75) is 57.1 Å². The fourth-order valence-electron chi connectivity index (χ4n) is 6.34. The van der Waals surface area contributed by atoms with E-state index in [9.17, 15) is 18.0 Å². The van der Waals surface area contributed by atoms with Crippen LogP contribution >= 0.6 is 0 Å². The molecule has 1 spiro atoms. The summed E-state index contributed by atoms with van der Waals surface area (Å²) in [5, 5.41) is 3.07. The number of nitrogens with one attached hydrogen (secondary N) is 1. The van der Waals surface area contributed by atoms with Crippen LogP contribution in [0.3, 0.4) is 0 Å². The van der Waals surface area contributed by atoms with Gasteiger partial charge in [0.1, 0.15) is 12.3 Å². The van der Waals surface area contributed by atoms with Crippen molar-refractivity contribution in [2.24, 2.45) is 16.3 Å². The second-order valence-electron chi connectivity index (χ2n) is 10.4. The Balaban J connectivity index is 1.08. The van der Waals surface area contributed by atoms with E-state index in [0.29, 0.717) is 17.5 Å². The van der Waals surface area contributed by atoms with Gasteiger partial charge >= 0.3 is 6.18 Å². The first-order valence-corrected chi connectivity index (χ1v) is 12.0. The highest BCUT2D eigenvalue weighted by Gasteiger charge is 2.53. The molecule has 4 fully saturated rings. The van der Waals surface area contributed by atoms with E-state index in [1.807, 2.05) is 0 Å². The molecule has 1 saturated carbocycles. The largest absolute Gasteiger partial charge is 0.433 e. The fraction of sp³-hybridized carbons (Fsp3) is 0.708. The van der Waals surface area contributed by atoms with Crippen LogP contribution in [0.1, 0.15) is 37.4 Å². The number of ether oxygens (including phenoxy) is 1. The number of aliphatic imine (C=N–C) groups is 1. The number of hydrogen-bond acceptors (Lipinski definition) is 6. The molecule has 0 radical (unpaired) electrons. The van der Waals surface area contributed by atoms with Gasteiger partial charge in [0.05, 0.1) is 18.3 Å². The van der Waals surface area contributed by atoms with Gasteiger partial charge in [-0.25, -0.2) is 0 Å². The summed E-state index contributed by atoms with van der Waals surface area (Å²) in [6.07, 6.45) is 1.30. The van der Waals surface area contributed by atoms with Gasteiger partial charge in [0, 0.05) is 50.7 Å². The van der Waals surface area contributed by atoms with Crippen molar-refractivity contribution in [3.05, 3.63) is 29.6 Å². The summed E-state index contributed by atoms with van der Waals surface area (Å²) in [5.41, 5.74) is 0.333. The highest BCUT2D eigenvalue weighted by molar-refractivity contribution is 6.04. The van der Waals surface area contributed by atoms with Crippen LogP contribution in [0.5, 0.6) is 0 Å². The first kappa shape index (κ1) is 23.7. The molecule has 186 valence electrons. The molecule has 10 heteroatoms. The number of carbonyl (C=O) groups excluding carboxylic acids is 1. The second-order valence-corrected chi connectivity index (χ2v) is 10.4. The van der Waals surface area contributed by atoms with E-state index in [1.54, 1.807) is 6.07 Å². The van der Waals surface area contributed by atoms with Gasteiger partial charge in [-0.1, -0.05) is 0 Å². The van der Waals surface area contributed by atoms with Crippen molar-refractivity contribution in [3.8, 4) is 0 Å². The van der Waals surface area contributed by atoms with E-state index in [1.165, 1.54) is 12.3 Å². The van der Waals surface area contributed by atoms with Gasteiger partial charge in [-0.3, -0.25) is 24.6 Å². The number of pyridine rings is 1. The monoisotopic (exact) mass is 479 g/mol. The summed E-state index contributed by atoms with van der Waals surface area (Å²) in [4.78, 5) is 24.3. The number of piperidine rings is 1. The van der Waals surface area contributed by atoms with Crippen molar-refractivity contribution in [3.63, 3.8) is 0 Å². The minimum atomic E-state index is -4.47. The quantitative estimate of drug-likeness (QED) is 0.657. The van der Waals surface area contributed by atoms with Gasteiger partial charge < -0.3 is 10.1 Å². The Morgan fingerprint density at radius 1 is 1.32 bits per heavy atom. The third kappa shape index (κ3) is 4.59. The third-order valence-electron chi connectivity index (χ3n) is 8.02. The van der Waals surface area contributed by atoms with Crippen molar-refractivity contribution in [1.82, 2.24) is 20.1 Å². The number of nitrogens with zero attached hydrogens (tertiary/aromatic N) is 4.